The third-order valence-electron chi connectivity index (χ3n) is 3.09. The predicted octanol–water partition coefficient (Wildman–Crippen LogP) is 2.70. The van der Waals surface area contributed by atoms with E-state index >= 15 is 0 Å². The van der Waals surface area contributed by atoms with E-state index in [9.17, 15) is 4.39 Å². The maximum absolute atomic E-state index is 13.5. The van der Waals surface area contributed by atoms with Crippen LogP contribution < -0.4 is 11.3 Å². The minimum absolute atomic E-state index is 0.264. The van der Waals surface area contributed by atoms with Crippen LogP contribution in [-0.4, -0.2) is 4.98 Å². The van der Waals surface area contributed by atoms with Gasteiger partial charge >= 0.3 is 0 Å². The van der Waals surface area contributed by atoms with Crippen LogP contribution in [0.3, 0.4) is 0 Å². The van der Waals surface area contributed by atoms with Gasteiger partial charge in [-0.1, -0.05) is 12.1 Å². The topological polar surface area (TPSA) is 50.9 Å². The summed E-state index contributed by atoms with van der Waals surface area (Å²) in [4.78, 5) is 4.42. The summed E-state index contributed by atoms with van der Waals surface area (Å²) in [6.07, 6.45) is 1.79. The van der Waals surface area contributed by atoms with Crippen LogP contribution in [-0.2, 0) is 0 Å². The molecule has 2 rings (SSSR count). The highest BCUT2D eigenvalue weighted by Gasteiger charge is 2.17. The number of aromatic nitrogens is 1. The fourth-order valence-corrected chi connectivity index (χ4v) is 2.29. The van der Waals surface area contributed by atoms with Crippen LogP contribution >= 0.6 is 0 Å². The Bertz CT molecular complexity index is 576. The standard InChI is InChI=1S/C15H18FN3/c1-9-5-12(7-13(16)6-9)15(19-17)14-11(3)4-10(2)8-18-14/h4-8,15,19H,17H2,1-3H3. The third kappa shape index (κ3) is 2.97. The highest BCUT2D eigenvalue weighted by molar-refractivity contribution is 5.35. The molecule has 100 valence electrons. The van der Waals surface area contributed by atoms with Gasteiger partial charge < -0.3 is 0 Å². The molecule has 0 amide bonds. The number of hydrazine groups is 1. The molecule has 0 aliphatic carbocycles. The van der Waals surface area contributed by atoms with E-state index in [2.05, 4.69) is 10.4 Å². The smallest absolute Gasteiger partial charge is 0.123 e. The maximum Gasteiger partial charge on any atom is 0.123 e. The van der Waals surface area contributed by atoms with Crippen molar-refractivity contribution in [3.8, 4) is 0 Å². The van der Waals surface area contributed by atoms with Crippen LogP contribution in [0.15, 0.2) is 30.5 Å². The van der Waals surface area contributed by atoms with Gasteiger partial charge in [0.2, 0.25) is 0 Å². The molecule has 0 saturated heterocycles. The van der Waals surface area contributed by atoms with Crippen molar-refractivity contribution in [1.82, 2.24) is 10.4 Å². The number of benzene rings is 1. The van der Waals surface area contributed by atoms with E-state index in [0.717, 1.165) is 27.9 Å². The molecule has 0 aliphatic heterocycles. The first-order valence-corrected chi connectivity index (χ1v) is 6.17. The summed E-state index contributed by atoms with van der Waals surface area (Å²) in [6.45, 7) is 5.82. The number of nitrogens with two attached hydrogens (primary N) is 1. The summed E-state index contributed by atoms with van der Waals surface area (Å²) in [5.41, 5.74) is 7.30. The van der Waals surface area contributed by atoms with Gasteiger partial charge in [0.15, 0.2) is 0 Å². The second-order valence-electron chi connectivity index (χ2n) is 4.88. The Balaban J connectivity index is 2.49. The third-order valence-corrected chi connectivity index (χ3v) is 3.09. The molecule has 1 aromatic carbocycles. The van der Waals surface area contributed by atoms with E-state index in [4.69, 9.17) is 5.84 Å². The molecular formula is C15H18FN3. The zero-order valence-electron chi connectivity index (χ0n) is 11.4. The Morgan fingerprint density at radius 1 is 1.11 bits per heavy atom. The van der Waals surface area contributed by atoms with Gasteiger partial charge in [0.1, 0.15) is 5.82 Å². The molecule has 0 bridgehead atoms. The number of pyridine rings is 1. The van der Waals surface area contributed by atoms with Crippen LogP contribution in [0.5, 0.6) is 0 Å². The molecule has 0 radical (unpaired) electrons. The van der Waals surface area contributed by atoms with Crippen molar-refractivity contribution in [2.24, 2.45) is 5.84 Å². The van der Waals surface area contributed by atoms with Crippen LogP contribution in [0.1, 0.15) is 34.0 Å². The summed E-state index contributed by atoms with van der Waals surface area (Å²) < 4.78 is 13.5. The lowest BCUT2D eigenvalue weighted by Gasteiger charge is -2.19. The Hall–Kier alpha value is -1.78. The number of aryl methyl sites for hydroxylation is 3. The SMILES string of the molecule is Cc1cc(F)cc(C(NN)c2ncc(C)cc2C)c1. The molecule has 3 nitrogen and oxygen atoms in total. The van der Waals surface area contributed by atoms with Gasteiger partial charge in [0, 0.05) is 6.20 Å². The molecule has 3 N–H and O–H groups in total. The van der Waals surface area contributed by atoms with E-state index in [1.54, 1.807) is 6.20 Å². The Kier molecular flexibility index (Phi) is 3.93. The quantitative estimate of drug-likeness (QED) is 0.658. The Morgan fingerprint density at radius 3 is 2.42 bits per heavy atom. The minimum atomic E-state index is -0.310. The monoisotopic (exact) mass is 259 g/mol. The number of hydrogen-bond donors (Lipinski definition) is 2. The lowest BCUT2D eigenvalue weighted by molar-refractivity contribution is 0.594. The van der Waals surface area contributed by atoms with E-state index in [0.29, 0.717) is 0 Å². The Morgan fingerprint density at radius 2 is 1.84 bits per heavy atom. The van der Waals surface area contributed by atoms with Crippen molar-refractivity contribution in [2.75, 3.05) is 0 Å². The van der Waals surface area contributed by atoms with Crippen molar-refractivity contribution in [3.05, 3.63) is 64.2 Å². The summed E-state index contributed by atoms with van der Waals surface area (Å²) >= 11 is 0. The average molecular weight is 259 g/mol. The van der Waals surface area contributed by atoms with Gasteiger partial charge in [-0.2, -0.15) is 0 Å². The second-order valence-corrected chi connectivity index (χ2v) is 4.88. The largest absolute Gasteiger partial charge is 0.271 e. The van der Waals surface area contributed by atoms with Crippen molar-refractivity contribution >= 4 is 0 Å². The van der Waals surface area contributed by atoms with Gasteiger partial charge in [-0.15, -0.1) is 0 Å². The predicted molar refractivity (Wildman–Crippen MR) is 74.0 cm³/mol. The summed E-state index contributed by atoms with van der Waals surface area (Å²) in [5.74, 6) is 5.37. The fraction of sp³-hybridized carbons (Fsp3) is 0.267. The zero-order valence-corrected chi connectivity index (χ0v) is 11.4. The number of rotatable bonds is 3. The number of halogens is 1. The van der Waals surface area contributed by atoms with E-state index in [-0.39, 0.29) is 11.9 Å². The van der Waals surface area contributed by atoms with Crippen molar-refractivity contribution < 1.29 is 4.39 Å². The maximum atomic E-state index is 13.5. The number of nitrogens with zero attached hydrogens (tertiary/aromatic N) is 1. The fourth-order valence-electron chi connectivity index (χ4n) is 2.29. The van der Waals surface area contributed by atoms with E-state index in [1.807, 2.05) is 32.9 Å². The molecule has 2 aromatic rings. The first-order chi connectivity index (χ1) is 9.01. The van der Waals surface area contributed by atoms with Crippen molar-refractivity contribution in [1.29, 1.82) is 0 Å². The van der Waals surface area contributed by atoms with Gasteiger partial charge in [-0.3, -0.25) is 10.8 Å². The first kappa shape index (κ1) is 13.6. The molecular weight excluding hydrogens is 241 g/mol. The van der Waals surface area contributed by atoms with Crippen molar-refractivity contribution in [2.45, 2.75) is 26.8 Å². The summed E-state index contributed by atoms with van der Waals surface area (Å²) in [7, 11) is 0. The molecule has 0 fully saturated rings. The second kappa shape index (κ2) is 5.47. The first-order valence-electron chi connectivity index (χ1n) is 6.17. The zero-order chi connectivity index (χ0) is 14.0. The molecule has 4 heteroatoms. The average Bonchev–Trinajstić information content (AvgIpc) is 2.31. The van der Waals surface area contributed by atoms with E-state index < -0.39 is 0 Å². The lowest BCUT2D eigenvalue weighted by Crippen LogP contribution is -2.30. The van der Waals surface area contributed by atoms with Gasteiger partial charge in [-0.25, -0.2) is 9.82 Å². The minimum Gasteiger partial charge on any atom is -0.271 e. The number of hydrogen-bond acceptors (Lipinski definition) is 3. The molecule has 1 heterocycles. The van der Waals surface area contributed by atoms with Gasteiger partial charge in [0.05, 0.1) is 11.7 Å². The summed E-state index contributed by atoms with van der Waals surface area (Å²) in [6, 6.07) is 6.62. The summed E-state index contributed by atoms with van der Waals surface area (Å²) in [5, 5.41) is 0. The van der Waals surface area contributed by atoms with Crippen LogP contribution in [0.25, 0.3) is 0 Å². The molecule has 1 unspecified atom stereocenters. The van der Waals surface area contributed by atoms with Gasteiger partial charge in [-0.05, 0) is 55.2 Å². The highest BCUT2D eigenvalue weighted by atomic mass is 19.1. The Labute approximate surface area is 112 Å². The van der Waals surface area contributed by atoms with E-state index in [1.165, 1.54) is 12.1 Å². The number of nitrogens with one attached hydrogen (secondary N) is 1. The molecule has 0 spiro atoms. The highest BCUT2D eigenvalue weighted by Crippen LogP contribution is 2.24. The molecule has 19 heavy (non-hydrogen) atoms. The lowest BCUT2D eigenvalue weighted by atomic mass is 9.98. The van der Waals surface area contributed by atoms with Gasteiger partial charge in [0.25, 0.3) is 0 Å². The van der Waals surface area contributed by atoms with Crippen LogP contribution in [0, 0.1) is 26.6 Å². The normalized spacial score (nSPS) is 12.5. The molecule has 0 aliphatic rings. The van der Waals surface area contributed by atoms with Crippen LogP contribution in [0.2, 0.25) is 0 Å². The molecule has 1 aromatic heterocycles. The molecule has 0 saturated carbocycles. The molecule has 1 atom stereocenters. The van der Waals surface area contributed by atoms with Crippen LogP contribution in [0.4, 0.5) is 4.39 Å². The van der Waals surface area contributed by atoms with Crippen molar-refractivity contribution in [3.63, 3.8) is 0 Å².